The van der Waals surface area contributed by atoms with Gasteiger partial charge in [0.2, 0.25) is 5.91 Å². The topological polar surface area (TPSA) is 41.1 Å². The summed E-state index contributed by atoms with van der Waals surface area (Å²) in [6.07, 6.45) is 5.47. The maximum atomic E-state index is 12.4. The lowest BCUT2D eigenvalue weighted by Gasteiger charge is -2.30. The van der Waals surface area contributed by atoms with Crippen molar-refractivity contribution in [2.75, 3.05) is 5.32 Å². The number of nitrogens with one attached hydrogen (secondary N) is 2. The molecule has 23 heavy (non-hydrogen) atoms. The van der Waals surface area contributed by atoms with Gasteiger partial charge in [-0.1, -0.05) is 29.6 Å². The first-order valence-corrected chi connectivity index (χ1v) is 9.21. The zero-order chi connectivity index (χ0) is 16.6. The monoisotopic (exact) mass is 354 g/mol. The molecule has 0 spiro atoms. The Bertz CT molecular complexity index is 572. The first-order valence-electron chi connectivity index (χ1n) is 8.45. The van der Waals surface area contributed by atoms with Gasteiger partial charge in [0.25, 0.3) is 0 Å². The highest BCUT2D eigenvalue weighted by Crippen LogP contribution is 2.49. The van der Waals surface area contributed by atoms with Crippen molar-refractivity contribution in [3.63, 3.8) is 0 Å². The molecule has 3 rings (SSSR count). The minimum atomic E-state index is -0.248. The van der Waals surface area contributed by atoms with Crippen molar-refractivity contribution in [2.45, 2.75) is 51.6 Å². The molecule has 1 aromatic carbocycles. The van der Waals surface area contributed by atoms with Crippen molar-refractivity contribution in [1.82, 2.24) is 5.32 Å². The molecule has 5 atom stereocenters. The van der Waals surface area contributed by atoms with Crippen LogP contribution in [0.15, 0.2) is 18.2 Å². The molecule has 2 fully saturated rings. The van der Waals surface area contributed by atoms with E-state index in [1.165, 1.54) is 25.7 Å². The van der Waals surface area contributed by atoms with Crippen molar-refractivity contribution in [1.29, 1.82) is 0 Å². The van der Waals surface area contributed by atoms with Crippen LogP contribution in [0.5, 0.6) is 0 Å². The lowest BCUT2D eigenvalue weighted by Crippen LogP contribution is -2.46. The molecule has 0 radical (unpaired) electrons. The van der Waals surface area contributed by atoms with Crippen molar-refractivity contribution >= 4 is 34.8 Å². The maximum absolute atomic E-state index is 12.4. The second-order valence-corrected chi connectivity index (χ2v) is 8.04. The average molecular weight is 355 g/mol. The molecule has 0 aliphatic heterocycles. The number of fused-ring (bicyclic) bond motifs is 2. The summed E-state index contributed by atoms with van der Waals surface area (Å²) in [6.45, 7) is 4.12. The van der Waals surface area contributed by atoms with Crippen molar-refractivity contribution in [3.05, 3.63) is 28.2 Å². The summed E-state index contributed by atoms with van der Waals surface area (Å²) < 4.78 is 0. The van der Waals surface area contributed by atoms with E-state index in [4.69, 9.17) is 23.2 Å². The average Bonchev–Trinajstić information content (AvgIpc) is 3.08. The molecule has 0 aromatic heterocycles. The third-order valence-corrected chi connectivity index (χ3v) is 5.91. The first kappa shape index (κ1) is 17.1. The van der Waals surface area contributed by atoms with Gasteiger partial charge in [-0.25, -0.2) is 0 Å². The molecule has 2 bridgehead atoms. The van der Waals surface area contributed by atoms with E-state index in [2.05, 4.69) is 17.6 Å². The summed E-state index contributed by atoms with van der Waals surface area (Å²) in [4.78, 5) is 12.4. The van der Waals surface area contributed by atoms with E-state index >= 15 is 0 Å². The van der Waals surface area contributed by atoms with E-state index in [0.29, 0.717) is 27.7 Å². The standard InChI is InChI=1S/C18H24Cl2N2O/c1-10(17-6-12-3-4-13(17)5-12)21-11(2)18(23)22-16-8-14(19)7-15(20)9-16/h7-13,17,21H,3-6H2,1-2H3,(H,22,23)/t10-,11+,12+,13+,17+/m1/s1. The number of halogens is 2. The van der Waals surface area contributed by atoms with Crippen LogP contribution in [0.1, 0.15) is 39.5 Å². The third kappa shape index (κ3) is 4.01. The number of anilines is 1. The number of hydrogen-bond donors (Lipinski definition) is 2. The first-order chi connectivity index (χ1) is 10.9. The number of hydrogen-bond acceptors (Lipinski definition) is 2. The second-order valence-electron chi connectivity index (χ2n) is 7.16. The van der Waals surface area contributed by atoms with Gasteiger partial charge in [-0.05, 0) is 69.1 Å². The Morgan fingerprint density at radius 3 is 2.39 bits per heavy atom. The van der Waals surface area contributed by atoms with Gasteiger partial charge in [-0.15, -0.1) is 0 Å². The van der Waals surface area contributed by atoms with Gasteiger partial charge in [0.1, 0.15) is 0 Å². The van der Waals surface area contributed by atoms with Crippen LogP contribution >= 0.6 is 23.2 Å². The maximum Gasteiger partial charge on any atom is 0.241 e. The molecule has 126 valence electrons. The van der Waals surface area contributed by atoms with Gasteiger partial charge in [-0.2, -0.15) is 0 Å². The number of rotatable bonds is 5. The normalized spacial score (nSPS) is 28.6. The van der Waals surface area contributed by atoms with E-state index in [9.17, 15) is 4.79 Å². The predicted octanol–water partition coefficient (Wildman–Crippen LogP) is 4.73. The van der Waals surface area contributed by atoms with Crippen LogP contribution < -0.4 is 10.6 Å². The minimum absolute atomic E-state index is 0.0571. The molecule has 1 amide bonds. The van der Waals surface area contributed by atoms with Gasteiger partial charge in [0.15, 0.2) is 0 Å². The summed E-state index contributed by atoms with van der Waals surface area (Å²) in [5, 5.41) is 7.40. The number of amides is 1. The molecule has 2 N–H and O–H groups in total. The molecule has 0 heterocycles. The molecular weight excluding hydrogens is 331 g/mol. The van der Waals surface area contributed by atoms with Crippen molar-refractivity contribution < 1.29 is 4.79 Å². The van der Waals surface area contributed by atoms with Crippen LogP contribution in [0.3, 0.4) is 0 Å². The minimum Gasteiger partial charge on any atom is -0.325 e. The highest BCUT2D eigenvalue weighted by atomic mass is 35.5. The van der Waals surface area contributed by atoms with Crippen LogP contribution in [0.4, 0.5) is 5.69 Å². The fourth-order valence-corrected chi connectivity index (χ4v) is 4.90. The smallest absolute Gasteiger partial charge is 0.241 e. The molecule has 5 heteroatoms. The van der Waals surface area contributed by atoms with E-state index in [-0.39, 0.29) is 11.9 Å². The SMILES string of the molecule is C[C@H](N[C@H](C)[C@@H]1C[C@H]2CC[C@H]1C2)C(=O)Nc1cc(Cl)cc(Cl)c1. The Hall–Kier alpha value is -0.770. The molecule has 0 unspecified atom stereocenters. The van der Waals surface area contributed by atoms with E-state index < -0.39 is 0 Å². The molecule has 2 aliphatic carbocycles. The zero-order valence-corrected chi connectivity index (χ0v) is 15.1. The van der Waals surface area contributed by atoms with Crippen LogP contribution in [0, 0.1) is 17.8 Å². The van der Waals surface area contributed by atoms with Gasteiger partial charge < -0.3 is 10.6 Å². The predicted molar refractivity (Wildman–Crippen MR) is 96.1 cm³/mol. The quantitative estimate of drug-likeness (QED) is 0.801. The molecule has 2 saturated carbocycles. The Labute approximate surface area is 148 Å². The van der Waals surface area contributed by atoms with E-state index in [1.54, 1.807) is 18.2 Å². The van der Waals surface area contributed by atoms with Crippen LogP contribution in [-0.4, -0.2) is 18.0 Å². The summed E-state index contributed by atoms with van der Waals surface area (Å²) in [6, 6.07) is 5.18. The molecular formula is C18H24Cl2N2O. The van der Waals surface area contributed by atoms with Crippen molar-refractivity contribution in [2.24, 2.45) is 17.8 Å². The molecule has 0 saturated heterocycles. The fraction of sp³-hybridized carbons (Fsp3) is 0.611. The largest absolute Gasteiger partial charge is 0.325 e. The summed E-state index contributed by atoms with van der Waals surface area (Å²) in [7, 11) is 0. The van der Waals surface area contributed by atoms with Gasteiger partial charge in [0, 0.05) is 21.8 Å². The Kier molecular flexibility index (Phi) is 5.19. The zero-order valence-electron chi connectivity index (χ0n) is 13.6. The number of carbonyl (C=O) groups is 1. The third-order valence-electron chi connectivity index (χ3n) is 5.47. The van der Waals surface area contributed by atoms with Gasteiger partial charge >= 0.3 is 0 Å². The number of carbonyl (C=O) groups excluding carboxylic acids is 1. The molecule has 1 aromatic rings. The molecule has 3 nitrogen and oxygen atoms in total. The summed E-state index contributed by atoms with van der Waals surface area (Å²) in [5.74, 6) is 2.43. The van der Waals surface area contributed by atoms with E-state index in [0.717, 1.165) is 11.8 Å². The Morgan fingerprint density at radius 1 is 1.13 bits per heavy atom. The lowest BCUT2D eigenvalue weighted by molar-refractivity contribution is -0.118. The summed E-state index contributed by atoms with van der Waals surface area (Å²) >= 11 is 11.9. The van der Waals surface area contributed by atoms with Gasteiger partial charge in [-0.3, -0.25) is 4.79 Å². The highest BCUT2D eigenvalue weighted by molar-refractivity contribution is 6.35. The summed E-state index contributed by atoms with van der Waals surface area (Å²) in [5.41, 5.74) is 0.633. The Morgan fingerprint density at radius 2 is 1.83 bits per heavy atom. The van der Waals surface area contributed by atoms with Crippen LogP contribution in [0.25, 0.3) is 0 Å². The Balaban J connectivity index is 1.55. The van der Waals surface area contributed by atoms with Crippen LogP contribution in [-0.2, 0) is 4.79 Å². The van der Waals surface area contributed by atoms with Crippen LogP contribution in [0.2, 0.25) is 10.0 Å². The fourth-order valence-electron chi connectivity index (χ4n) is 4.38. The number of benzene rings is 1. The molecule has 2 aliphatic rings. The van der Waals surface area contributed by atoms with Crippen molar-refractivity contribution in [3.8, 4) is 0 Å². The highest BCUT2D eigenvalue weighted by Gasteiger charge is 2.42. The second kappa shape index (κ2) is 7.00. The lowest BCUT2D eigenvalue weighted by atomic mass is 9.84. The van der Waals surface area contributed by atoms with Gasteiger partial charge in [0.05, 0.1) is 6.04 Å². The van der Waals surface area contributed by atoms with E-state index in [1.807, 2.05) is 6.92 Å².